The van der Waals surface area contributed by atoms with Crippen LogP contribution in [0.1, 0.15) is 30.2 Å². The molecule has 3 aromatic carbocycles. The molecule has 132 valence electrons. The molecule has 0 aliphatic heterocycles. The van der Waals surface area contributed by atoms with Gasteiger partial charge < -0.3 is 20.4 Å². The molecule has 4 aromatic rings. The molecule has 0 aliphatic carbocycles. The third kappa shape index (κ3) is 3.27. The highest BCUT2D eigenvalue weighted by Crippen LogP contribution is 2.22. The van der Waals surface area contributed by atoms with Crippen molar-refractivity contribution in [1.82, 2.24) is 15.3 Å². The average Bonchev–Trinajstić information content (AvgIpc) is 3.04. The number of nitrogens with one attached hydrogen (secondary N) is 3. The number of aliphatic hydroxyl groups excluding tert-OH is 1. The quantitative estimate of drug-likeness (QED) is 0.447. The first-order valence-corrected chi connectivity index (χ1v) is 8.72. The van der Waals surface area contributed by atoms with Crippen LogP contribution in [0.5, 0.6) is 0 Å². The molecule has 1 aromatic heterocycles. The summed E-state index contributed by atoms with van der Waals surface area (Å²) in [6, 6.07) is 20.0. The first-order chi connectivity index (χ1) is 12.6. The summed E-state index contributed by atoms with van der Waals surface area (Å²) in [4.78, 5) is 16.9. The second-order valence-corrected chi connectivity index (χ2v) is 6.64. The molecule has 2 atom stereocenters. The first-order valence-electron chi connectivity index (χ1n) is 8.72. The van der Waals surface area contributed by atoms with Crippen LogP contribution in [0.2, 0.25) is 0 Å². The van der Waals surface area contributed by atoms with Crippen LogP contribution >= 0.6 is 0 Å². The van der Waals surface area contributed by atoms with Crippen molar-refractivity contribution in [2.75, 3.05) is 6.54 Å². The third-order valence-electron chi connectivity index (χ3n) is 4.82. The molecule has 26 heavy (non-hydrogen) atoms. The van der Waals surface area contributed by atoms with Crippen molar-refractivity contribution in [3.8, 4) is 0 Å². The van der Waals surface area contributed by atoms with Crippen LogP contribution in [-0.4, -0.2) is 21.6 Å². The van der Waals surface area contributed by atoms with Crippen LogP contribution in [0.15, 0.2) is 65.5 Å². The normalized spacial score (nSPS) is 13.9. The summed E-state index contributed by atoms with van der Waals surface area (Å²) in [5.74, 6) is 0. The second-order valence-electron chi connectivity index (χ2n) is 6.64. The van der Waals surface area contributed by atoms with E-state index in [2.05, 4.69) is 27.4 Å². The topological polar surface area (TPSA) is 80.9 Å². The fraction of sp³-hybridized carbons (Fsp3) is 0.190. The Morgan fingerprint density at radius 1 is 0.923 bits per heavy atom. The van der Waals surface area contributed by atoms with Gasteiger partial charge in [-0.05, 0) is 47.0 Å². The van der Waals surface area contributed by atoms with E-state index in [4.69, 9.17) is 0 Å². The molecule has 4 N–H and O–H groups in total. The monoisotopic (exact) mass is 347 g/mol. The van der Waals surface area contributed by atoms with Gasteiger partial charge in [-0.15, -0.1) is 0 Å². The molecule has 0 saturated heterocycles. The van der Waals surface area contributed by atoms with E-state index in [-0.39, 0.29) is 11.7 Å². The Kier molecular flexibility index (Phi) is 4.32. The second kappa shape index (κ2) is 6.78. The van der Waals surface area contributed by atoms with Gasteiger partial charge >= 0.3 is 5.69 Å². The Bertz CT molecular complexity index is 1110. The van der Waals surface area contributed by atoms with Crippen molar-refractivity contribution >= 4 is 21.8 Å². The van der Waals surface area contributed by atoms with Crippen LogP contribution in [0.25, 0.3) is 21.8 Å². The minimum Gasteiger partial charge on any atom is -0.387 e. The molecular formula is C21H21N3O2. The summed E-state index contributed by atoms with van der Waals surface area (Å²) in [6.45, 7) is 2.49. The maximum Gasteiger partial charge on any atom is 0.323 e. The molecule has 4 rings (SSSR count). The lowest BCUT2D eigenvalue weighted by molar-refractivity contribution is 0.171. The molecule has 0 radical (unpaired) electrons. The van der Waals surface area contributed by atoms with Crippen molar-refractivity contribution in [1.29, 1.82) is 0 Å². The van der Waals surface area contributed by atoms with Gasteiger partial charge in [-0.3, -0.25) is 0 Å². The average molecular weight is 347 g/mol. The van der Waals surface area contributed by atoms with E-state index in [0.29, 0.717) is 6.54 Å². The van der Waals surface area contributed by atoms with E-state index in [1.54, 1.807) is 0 Å². The number of aromatic amines is 2. The summed E-state index contributed by atoms with van der Waals surface area (Å²) in [6.07, 6.45) is -0.585. The van der Waals surface area contributed by atoms with Gasteiger partial charge in [-0.2, -0.15) is 0 Å². The van der Waals surface area contributed by atoms with Crippen molar-refractivity contribution in [3.63, 3.8) is 0 Å². The van der Waals surface area contributed by atoms with Crippen LogP contribution < -0.4 is 11.0 Å². The summed E-state index contributed by atoms with van der Waals surface area (Å²) >= 11 is 0. The van der Waals surface area contributed by atoms with Gasteiger partial charge in [0, 0.05) is 12.6 Å². The lowest BCUT2D eigenvalue weighted by Gasteiger charge is -2.18. The zero-order valence-electron chi connectivity index (χ0n) is 14.5. The smallest absolute Gasteiger partial charge is 0.323 e. The number of hydrogen-bond donors (Lipinski definition) is 4. The molecule has 0 saturated carbocycles. The predicted octanol–water partition coefficient (Wildman–Crippen LogP) is 3.39. The molecule has 0 aliphatic rings. The minimum atomic E-state index is -0.585. The Morgan fingerprint density at radius 3 is 2.50 bits per heavy atom. The molecule has 5 nitrogen and oxygen atoms in total. The van der Waals surface area contributed by atoms with E-state index in [1.165, 1.54) is 5.39 Å². The Balaban J connectivity index is 1.46. The molecule has 5 heteroatoms. The number of aliphatic hydroxyl groups is 1. The lowest BCUT2D eigenvalue weighted by Crippen LogP contribution is -2.24. The van der Waals surface area contributed by atoms with Crippen molar-refractivity contribution in [2.45, 2.75) is 19.1 Å². The van der Waals surface area contributed by atoms with E-state index < -0.39 is 6.10 Å². The molecule has 2 unspecified atom stereocenters. The zero-order valence-corrected chi connectivity index (χ0v) is 14.5. The maximum atomic E-state index is 11.4. The van der Waals surface area contributed by atoms with E-state index >= 15 is 0 Å². The molecule has 0 spiro atoms. The summed E-state index contributed by atoms with van der Waals surface area (Å²) < 4.78 is 0. The summed E-state index contributed by atoms with van der Waals surface area (Å²) in [5.41, 5.74) is 3.33. The van der Waals surface area contributed by atoms with Gasteiger partial charge in [-0.25, -0.2) is 4.79 Å². The Hall–Kier alpha value is -2.89. The molecule has 0 bridgehead atoms. The van der Waals surface area contributed by atoms with E-state index in [0.717, 1.165) is 27.5 Å². The van der Waals surface area contributed by atoms with Gasteiger partial charge in [-0.1, -0.05) is 42.5 Å². The maximum absolute atomic E-state index is 11.4. The molecule has 0 fully saturated rings. The molecule has 0 amide bonds. The van der Waals surface area contributed by atoms with Crippen LogP contribution in [-0.2, 0) is 0 Å². The number of aromatic nitrogens is 2. The van der Waals surface area contributed by atoms with Crippen molar-refractivity contribution in [3.05, 3.63) is 82.3 Å². The highest BCUT2D eigenvalue weighted by molar-refractivity contribution is 5.83. The number of H-pyrrole nitrogens is 2. The lowest BCUT2D eigenvalue weighted by atomic mass is 10.0. The van der Waals surface area contributed by atoms with Crippen LogP contribution in [0.4, 0.5) is 0 Å². The summed E-state index contributed by atoms with van der Waals surface area (Å²) in [7, 11) is 0. The van der Waals surface area contributed by atoms with E-state index in [1.807, 2.05) is 55.5 Å². The van der Waals surface area contributed by atoms with Crippen molar-refractivity contribution in [2.24, 2.45) is 0 Å². The molecule has 1 heterocycles. The number of benzene rings is 3. The fourth-order valence-electron chi connectivity index (χ4n) is 3.26. The van der Waals surface area contributed by atoms with Gasteiger partial charge in [0.25, 0.3) is 0 Å². The highest BCUT2D eigenvalue weighted by Gasteiger charge is 2.12. The highest BCUT2D eigenvalue weighted by atomic mass is 16.3. The first kappa shape index (κ1) is 16.6. The van der Waals surface area contributed by atoms with Gasteiger partial charge in [0.15, 0.2) is 0 Å². The van der Waals surface area contributed by atoms with Gasteiger partial charge in [0.1, 0.15) is 0 Å². The van der Waals surface area contributed by atoms with Crippen LogP contribution in [0, 0.1) is 0 Å². The minimum absolute atomic E-state index is 0.0490. The SMILES string of the molecule is CC(NCC(O)c1ccc2ccccc2c1)c1ccc2[nH]c(=O)[nH]c2c1. The van der Waals surface area contributed by atoms with Gasteiger partial charge in [0.05, 0.1) is 17.1 Å². The standard InChI is InChI=1S/C21H21N3O2/c1-13(15-8-9-18-19(11-15)24-21(26)23-18)22-12-20(25)17-7-6-14-4-2-3-5-16(14)10-17/h2-11,13,20,22,25H,12H2,1H3,(H2,23,24,26). The number of fused-ring (bicyclic) bond motifs is 2. The van der Waals surface area contributed by atoms with E-state index in [9.17, 15) is 9.90 Å². The molecular weight excluding hydrogens is 326 g/mol. The largest absolute Gasteiger partial charge is 0.387 e. The number of rotatable bonds is 5. The Morgan fingerprint density at radius 2 is 1.65 bits per heavy atom. The number of imidazole rings is 1. The third-order valence-corrected chi connectivity index (χ3v) is 4.82. The van der Waals surface area contributed by atoms with Crippen molar-refractivity contribution < 1.29 is 5.11 Å². The van der Waals surface area contributed by atoms with Gasteiger partial charge in [0.2, 0.25) is 0 Å². The zero-order chi connectivity index (χ0) is 18.1. The summed E-state index contributed by atoms with van der Waals surface area (Å²) in [5, 5.41) is 16.2. The number of hydrogen-bond acceptors (Lipinski definition) is 3. The Labute approximate surface area is 150 Å². The fourth-order valence-corrected chi connectivity index (χ4v) is 3.26. The predicted molar refractivity (Wildman–Crippen MR) is 104 cm³/mol. The van der Waals surface area contributed by atoms with Crippen LogP contribution in [0.3, 0.4) is 0 Å².